The van der Waals surface area contributed by atoms with Crippen LogP contribution in [-0.4, -0.2) is 43.6 Å². The molecule has 6 heteroatoms. The molecule has 1 N–H and O–H groups in total. The Bertz CT molecular complexity index is 310. The summed E-state index contributed by atoms with van der Waals surface area (Å²) in [4.78, 5) is 4.33. The molecule has 16 heavy (non-hydrogen) atoms. The highest BCUT2D eigenvalue weighted by Crippen LogP contribution is 2.12. The van der Waals surface area contributed by atoms with E-state index in [1.165, 1.54) is 0 Å². The van der Waals surface area contributed by atoms with Crippen molar-refractivity contribution in [2.45, 2.75) is 18.9 Å². The molecule has 1 aromatic heterocycles. The van der Waals surface area contributed by atoms with Gasteiger partial charge in [0, 0.05) is 26.7 Å². The van der Waals surface area contributed by atoms with E-state index in [1.807, 2.05) is 0 Å². The second-order valence-corrected chi connectivity index (χ2v) is 3.72. The lowest BCUT2D eigenvalue weighted by Crippen LogP contribution is -2.35. The van der Waals surface area contributed by atoms with Gasteiger partial charge in [-0.3, -0.25) is 0 Å². The van der Waals surface area contributed by atoms with Gasteiger partial charge >= 0.3 is 0 Å². The molecule has 1 atom stereocenters. The summed E-state index contributed by atoms with van der Waals surface area (Å²) >= 11 is 0. The first-order valence-electron chi connectivity index (χ1n) is 5.52. The van der Waals surface area contributed by atoms with Gasteiger partial charge in [-0.25, -0.2) is 0 Å². The van der Waals surface area contributed by atoms with E-state index in [4.69, 9.17) is 14.0 Å². The quantitative estimate of drug-likeness (QED) is 0.730. The van der Waals surface area contributed by atoms with Crippen LogP contribution >= 0.6 is 0 Å². The van der Waals surface area contributed by atoms with E-state index >= 15 is 0 Å². The van der Waals surface area contributed by atoms with Crippen LogP contribution in [0.1, 0.15) is 24.2 Å². The SMILES string of the molecule is COCCCc1nc(C2COCCN2)no1. The molecular weight excluding hydrogens is 210 g/mol. The Morgan fingerprint density at radius 3 is 3.25 bits per heavy atom. The average molecular weight is 227 g/mol. The number of morpholine rings is 1. The Morgan fingerprint density at radius 1 is 1.56 bits per heavy atom. The Balaban J connectivity index is 1.85. The lowest BCUT2D eigenvalue weighted by molar-refractivity contribution is 0.0734. The third-order valence-corrected chi connectivity index (χ3v) is 2.46. The van der Waals surface area contributed by atoms with Gasteiger partial charge in [0.25, 0.3) is 0 Å². The maximum atomic E-state index is 5.34. The first-order valence-corrected chi connectivity index (χ1v) is 5.52. The minimum absolute atomic E-state index is 0.0636. The molecule has 90 valence electrons. The van der Waals surface area contributed by atoms with Gasteiger partial charge in [0.1, 0.15) is 0 Å². The summed E-state index contributed by atoms with van der Waals surface area (Å²) in [6.07, 6.45) is 1.65. The lowest BCUT2D eigenvalue weighted by atomic mass is 10.2. The van der Waals surface area contributed by atoms with E-state index in [0.29, 0.717) is 24.9 Å². The van der Waals surface area contributed by atoms with Crippen LogP contribution < -0.4 is 5.32 Å². The Kier molecular flexibility index (Phi) is 4.26. The average Bonchev–Trinajstić information content (AvgIpc) is 2.79. The number of hydrogen-bond donors (Lipinski definition) is 1. The number of nitrogens with zero attached hydrogens (tertiary/aromatic N) is 2. The Labute approximate surface area is 94.3 Å². The molecule has 1 fully saturated rings. The van der Waals surface area contributed by atoms with Crippen LogP contribution in [0.25, 0.3) is 0 Å². The Morgan fingerprint density at radius 2 is 2.50 bits per heavy atom. The number of rotatable bonds is 5. The first kappa shape index (κ1) is 11.5. The maximum absolute atomic E-state index is 5.34. The second-order valence-electron chi connectivity index (χ2n) is 3.72. The topological polar surface area (TPSA) is 69.4 Å². The minimum Gasteiger partial charge on any atom is -0.385 e. The molecule has 1 saturated heterocycles. The van der Waals surface area contributed by atoms with Gasteiger partial charge in [0.2, 0.25) is 5.89 Å². The van der Waals surface area contributed by atoms with Crippen LogP contribution in [0.15, 0.2) is 4.52 Å². The summed E-state index contributed by atoms with van der Waals surface area (Å²) in [6, 6.07) is 0.0636. The molecule has 0 saturated carbocycles. The van der Waals surface area contributed by atoms with Crippen molar-refractivity contribution in [1.29, 1.82) is 0 Å². The zero-order valence-electron chi connectivity index (χ0n) is 9.44. The molecule has 1 aliphatic heterocycles. The highest BCUT2D eigenvalue weighted by atomic mass is 16.5. The molecule has 0 aromatic carbocycles. The number of hydrogen-bond acceptors (Lipinski definition) is 6. The smallest absolute Gasteiger partial charge is 0.226 e. The van der Waals surface area contributed by atoms with Crippen molar-refractivity contribution < 1.29 is 14.0 Å². The van der Waals surface area contributed by atoms with Gasteiger partial charge in [-0.1, -0.05) is 5.16 Å². The molecule has 0 radical (unpaired) electrons. The van der Waals surface area contributed by atoms with E-state index in [1.54, 1.807) is 7.11 Å². The summed E-state index contributed by atoms with van der Waals surface area (Å²) in [5, 5.41) is 7.23. The van der Waals surface area contributed by atoms with Crippen LogP contribution in [0.4, 0.5) is 0 Å². The molecule has 2 rings (SSSR count). The maximum Gasteiger partial charge on any atom is 0.226 e. The summed E-state index contributed by atoms with van der Waals surface area (Å²) in [7, 11) is 1.68. The van der Waals surface area contributed by atoms with Crippen molar-refractivity contribution in [2.24, 2.45) is 0 Å². The molecule has 0 amide bonds. The molecule has 1 unspecified atom stereocenters. The predicted octanol–water partition coefficient (Wildman–Crippen LogP) is 0.310. The van der Waals surface area contributed by atoms with Crippen molar-refractivity contribution in [2.75, 3.05) is 33.5 Å². The molecule has 6 nitrogen and oxygen atoms in total. The van der Waals surface area contributed by atoms with Gasteiger partial charge in [0.15, 0.2) is 5.82 Å². The van der Waals surface area contributed by atoms with Gasteiger partial charge < -0.3 is 19.3 Å². The molecule has 1 aromatic rings. The van der Waals surface area contributed by atoms with E-state index in [-0.39, 0.29) is 6.04 Å². The highest BCUT2D eigenvalue weighted by molar-refractivity contribution is 4.95. The third kappa shape index (κ3) is 3.01. The third-order valence-electron chi connectivity index (χ3n) is 2.46. The van der Waals surface area contributed by atoms with E-state index < -0.39 is 0 Å². The highest BCUT2D eigenvalue weighted by Gasteiger charge is 2.20. The molecule has 2 heterocycles. The van der Waals surface area contributed by atoms with Crippen molar-refractivity contribution in [1.82, 2.24) is 15.5 Å². The fourth-order valence-electron chi connectivity index (χ4n) is 1.61. The van der Waals surface area contributed by atoms with Crippen LogP contribution in [0.3, 0.4) is 0 Å². The number of nitrogens with one attached hydrogen (secondary N) is 1. The zero-order chi connectivity index (χ0) is 11.2. The van der Waals surface area contributed by atoms with Crippen molar-refractivity contribution >= 4 is 0 Å². The Hall–Kier alpha value is -0.980. The largest absolute Gasteiger partial charge is 0.385 e. The van der Waals surface area contributed by atoms with Gasteiger partial charge in [-0.2, -0.15) is 4.98 Å². The molecule has 0 aliphatic carbocycles. The fourth-order valence-corrected chi connectivity index (χ4v) is 1.61. The number of aromatic nitrogens is 2. The van der Waals surface area contributed by atoms with Gasteiger partial charge in [0.05, 0.1) is 19.3 Å². The van der Waals surface area contributed by atoms with Crippen molar-refractivity contribution in [3.8, 4) is 0 Å². The van der Waals surface area contributed by atoms with Crippen LogP contribution in [0.5, 0.6) is 0 Å². The molecule has 0 bridgehead atoms. The summed E-state index contributed by atoms with van der Waals surface area (Å²) in [6.45, 7) is 2.90. The van der Waals surface area contributed by atoms with Crippen LogP contribution in [0, 0.1) is 0 Å². The zero-order valence-corrected chi connectivity index (χ0v) is 9.44. The summed E-state index contributed by atoms with van der Waals surface area (Å²) < 4.78 is 15.5. The lowest BCUT2D eigenvalue weighted by Gasteiger charge is -2.20. The number of methoxy groups -OCH3 is 1. The monoisotopic (exact) mass is 227 g/mol. The van der Waals surface area contributed by atoms with Gasteiger partial charge in [-0.15, -0.1) is 0 Å². The molecule has 1 aliphatic rings. The van der Waals surface area contributed by atoms with Crippen molar-refractivity contribution in [3.05, 3.63) is 11.7 Å². The van der Waals surface area contributed by atoms with Gasteiger partial charge in [-0.05, 0) is 6.42 Å². The van der Waals surface area contributed by atoms with Crippen LogP contribution in [0.2, 0.25) is 0 Å². The molecule has 0 spiro atoms. The standard InChI is InChI=1S/C10H17N3O3/c1-14-5-2-3-9-12-10(13-16-9)8-7-15-6-4-11-8/h8,11H,2-7H2,1H3. The van der Waals surface area contributed by atoms with Crippen LogP contribution in [-0.2, 0) is 15.9 Å². The van der Waals surface area contributed by atoms with E-state index in [0.717, 1.165) is 26.0 Å². The van der Waals surface area contributed by atoms with E-state index in [9.17, 15) is 0 Å². The van der Waals surface area contributed by atoms with Crippen molar-refractivity contribution in [3.63, 3.8) is 0 Å². The van der Waals surface area contributed by atoms with E-state index in [2.05, 4.69) is 15.5 Å². The molecular formula is C10H17N3O3. The first-order chi connectivity index (χ1) is 7.90. The summed E-state index contributed by atoms with van der Waals surface area (Å²) in [5.41, 5.74) is 0. The number of aryl methyl sites for hydroxylation is 1. The minimum atomic E-state index is 0.0636. The number of ether oxygens (including phenoxy) is 2. The normalized spacial score (nSPS) is 21.2. The second kappa shape index (κ2) is 5.93. The predicted molar refractivity (Wildman–Crippen MR) is 56.1 cm³/mol. The summed E-state index contributed by atoms with van der Waals surface area (Å²) in [5.74, 6) is 1.35. The fraction of sp³-hybridized carbons (Fsp3) is 0.800.